The quantitative estimate of drug-likeness (QED) is 0.741. The van der Waals surface area contributed by atoms with Crippen LogP contribution in [-0.4, -0.2) is 5.78 Å². The van der Waals surface area contributed by atoms with Gasteiger partial charge in [-0.1, -0.05) is 36.4 Å². The minimum Gasteiger partial charge on any atom is -0.289 e. The molecule has 0 aliphatic heterocycles. The molecule has 0 atom stereocenters. The summed E-state index contributed by atoms with van der Waals surface area (Å²) in [5, 5.41) is 0. The van der Waals surface area contributed by atoms with Crippen LogP contribution in [0.4, 0.5) is 13.2 Å². The van der Waals surface area contributed by atoms with Crippen LogP contribution >= 0.6 is 0 Å². The molecule has 0 saturated carbocycles. The second kappa shape index (κ2) is 4.88. The molecule has 0 aromatic heterocycles. The zero-order valence-electron chi connectivity index (χ0n) is 10.2. The van der Waals surface area contributed by atoms with Gasteiger partial charge in [-0.3, -0.25) is 4.79 Å². The van der Waals surface area contributed by atoms with Gasteiger partial charge in [0.05, 0.1) is 5.56 Å². The van der Waals surface area contributed by atoms with Gasteiger partial charge >= 0.3 is 6.18 Å². The highest BCUT2D eigenvalue weighted by Gasteiger charge is 2.31. The largest absolute Gasteiger partial charge is 0.416 e. The fourth-order valence-corrected chi connectivity index (χ4v) is 1.79. The SMILES string of the molecule is Cc1ccc(C(F)(F)F)cc1C(=O)c1ccccc1. The molecule has 0 amide bonds. The fourth-order valence-electron chi connectivity index (χ4n) is 1.79. The molecule has 19 heavy (non-hydrogen) atoms. The molecule has 0 spiro atoms. The highest BCUT2D eigenvalue weighted by Crippen LogP contribution is 2.31. The molecular formula is C15H11F3O. The number of ketones is 1. The van der Waals surface area contributed by atoms with Crippen LogP contribution in [0.1, 0.15) is 27.0 Å². The molecule has 1 nitrogen and oxygen atoms in total. The Morgan fingerprint density at radius 2 is 1.63 bits per heavy atom. The third-order valence-electron chi connectivity index (χ3n) is 2.85. The molecule has 0 fully saturated rings. The third-order valence-corrected chi connectivity index (χ3v) is 2.85. The number of benzene rings is 2. The smallest absolute Gasteiger partial charge is 0.289 e. The zero-order chi connectivity index (χ0) is 14.0. The maximum absolute atomic E-state index is 12.7. The summed E-state index contributed by atoms with van der Waals surface area (Å²) in [5.74, 6) is -0.399. The van der Waals surface area contributed by atoms with Gasteiger partial charge in [0.15, 0.2) is 5.78 Å². The normalized spacial score (nSPS) is 11.4. The van der Waals surface area contributed by atoms with E-state index in [9.17, 15) is 18.0 Å². The molecule has 0 unspecified atom stereocenters. The lowest BCUT2D eigenvalue weighted by atomic mass is 9.97. The predicted molar refractivity (Wildman–Crippen MR) is 66.1 cm³/mol. The molecule has 4 heteroatoms. The maximum Gasteiger partial charge on any atom is 0.416 e. The van der Waals surface area contributed by atoms with E-state index in [2.05, 4.69) is 0 Å². The van der Waals surface area contributed by atoms with Gasteiger partial charge in [0.25, 0.3) is 0 Å². The van der Waals surface area contributed by atoms with Gasteiger partial charge in [-0.15, -0.1) is 0 Å². The fraction of sp³-hybridized carbons (Fsp3) is 0.133. The average Bonchev–Trinajstić information content (AvgIpc) is 2.38. The van der Waals surface area contributed by atoms with Crippen LogP contribution in [0.15, 0.2) is 48.5 Å². The molecule has 2 aromatic rings. The third kappa shape index (κ3) is 2.84. The van der Waals surface area contributed by atoms with Gasteiger partial charge in [0.1, 0.15) is 0 Å². The number of hydrogen-bond donors (Lipinski definition) is 0. The van der Waals surface area contributed by atoms with Gasteiger partial charge in [0, 0.05) is 11.1 Å². The number of halogens is 3. The highest BCUT2D eigenvalue weighted by molar-refractivity contribution is 6.09. The topological polar surface area (TPSA) is 17.1 Å². The first kappa shape index (κ1) is 13.3. The minimum atomic E-state index is -4.45. The van der Waals surface area contributed by atoms with E-state index in [0.717, 1.165) is 12.1 Å². The molecule has 0 aliphatic rings. The van der Waals surface area contributed by atoms with Crippen LogP contribution in [0, 0.1) is 6.92 Å². The van der Waals surface area contributed by atoms with E-state index in [-0.39, 0.29) is 5.56 Å². The van der Waals surface area contributed by atoms with Crippen LogP contribution < -0.4 is 0 Å². The second-order valence-electron chi connectivity index (χ2n) is 4.22. The monoisotopic (exact) mass is 264 g/mol. The molecular weight excluding hydrogens is 253 g/mol. The lowest BCUT2D eigenvalue weighted by molar-refractivity contribution is -0.137. The average molecular weight is 264 g/mol. The highest BCUT2D eigenvalue weighted by atomic mass is 19.4. The van der Waals surface area contributed by atoms with E-state index in [0.29, 0.717) is 11.1 Å². The van der Waals surface area contributed by atoms with E-state index < -0.39 is 17.5 Å². The van der Waals surface area contributed by atoms with Crippen LogP contribution in [-0.2, 0) is 6.18 Å². The summed E-state index contributed by atoms with van der Waals surface area (Å²) in [6, 6.07) is 11.5. The van der Waals surface area contributed by atoms with Crippen molar-refractivity contribution in [3.63, 3.8) is 0 Å². The minimum absolute atomic E-state index is 0.0843. The Kier molecular flexibility index (Phi) is 3.42. The second-order valence-corrected chi connectivity index (χ2v) is 4.22. The van der Waals surface area contributed by atoms with Gasteiger partial charge in [-0.25, -0.2) is 0 Å². The first-order valence-corrected chi connectivity index (χ1v) is 5.67. The standard InChI is InChI=1S/C15H11F3O/c1-10-7-8-12(15(16,17)18)9-13(10)14(19)11-5-3-2-4-6-11/h2-9H,1H3. The number of aryl methyl sites for hydroxylation is 1. The number of carbonyl (C=O) groups is 1. The van der Waals surface area contributed by atoms with Crippen molar-refractivity contribution in [3.05, 3.63) is 70.8 Å². The molecule has 98 valence electrons. The summed E-state index contributed by atoms with van der Waals surface area (Å²) in [6.07, 6.45) is -4.45. The number of alkyl halides is 3. The lowest BCUT2D eigenvalue weighted by Crippen LogP contribution is -2.09. The van der Waals surface area contributed by atoms with Crippen LogP contribution in [0.2, 0.25) is 0 Å². The molecule has 0 radical (unpaired) electrons. The molecule has 2 aromatic carbocycles. The van der Waals surface area contributed by atoms with Crippen molar-refractivity contribution >= 4 is 5.78 Å². The molecule has 0 saturated heterocycles. The first-order chi connectivity index (χ1) is 8.89. The Balaban J connectivity index is 2.48. The summed E-state index contributed by atoms with van der Waals surface area (Å²) in [4.78, 5) is 12.2. The van der Waals surface area contributed by atoms with Crippen molar-refractivity contribution in [2.24, 2.45) is 0 Å². The van der Waals surface area contributed by atoms with Crippen LogP contribution in [0.5, 0.6) is 0 Å². The maximum atomic E-state index is 12.7. The van der Waals surface area contributed by atoms with E-state index in [1.807, 2.05) is 0 Å². The summed E-state index contributed by atoms with van der Waals surface area (Å²) in [7, 11) is 0. The van der Waals surface area contributed by atoms with E-state index in [4.69, 9.17) is 0 Å². The number of hydrogen-bond acceptors (Lipinski definition) is 1. The van der Waals surface area contributed by atoms with Gasteiger partial charge in [-0.05, 0) is 24.6 Å². The molecule has 2 rings (SSSR count). The Hall–Kier alpha value is -2.10. The van der Waals surface area contributed by atoms with Crippen molar-refractivity contribution in [1.82, 2.24) is 0 Å². The first-order valence-electron chi connectivity index (χ1n) is 5.67. The van der Waals surface area contributed by atoms with Crippen molar-refractivity contribution in [3.8, 4) is 0 Å². The molecule has 0 heterocycles. The number of rotatable bonds is 2. The Morgan fingerprint density at radius 1 is 1.00 bits per heavy atom. The van der Waals surface area contributed by atoms with Gasteiger partial charge in [-0.2, -0.15) is 13.2 Å². The Labute approximate surface area is 108 Å². The molecule has 0 N–H and O–H groups in total. The van der Waals surface area contributed by atoms with Gasteiger partial charge < -0.3 is 0 Å². The Bertz CT molecular complexity index is 601. The van der Waals surface area contributed by atoms with Crippen molar-refractivity contribution < 1.29 is 18.0 Å². The van der Waals surface area contributed by atoms with Crippen molar-refractivity contribution in [2.75, 3.05) is 0 Å². The lowest BCUT2D eigenvalue weighted by Gasteiger charge is -2.10. The van der Waals surface area contributed by atoms with E-state index in [1.54, 1.807) is 37.3 Å². The van der Waals surface area contributed by atoms with Crippen molar-refractivity contribution in [1.29, 1.82) is 0 Å². The summed E-state index contributed by atoms with van der Waals surface area (Å²) >= 11 is 0. The number of carbonyl (C=O) groups excluding carboxylic acids is 1. The summed E-state index contributed by atoms with van der Waals surface area (Å²) in [5.41, 5.74) is 0.185. The van der Waals surface area contributed by atoms with Crippen LogP contribution in [0.3, 0.4) is 0 Å². The van der Waals surface area contributed by atoms with Crippen molar-refractivity contribution in [2.45, 2.75) is 13.1 Å². The predicted octanol–water partition coefficient (Wildman–Crippen LogP) is 4.24. The summed E-state index contributed by atoms with van der Waals surface area (Å²) < 4.78 is 38.0. The van der Waals surface area contributed by atoms with Crippen LogP contribution in [0.25, 0.3) is 0 Å². The van der Waals surface area contributed by atoms with E-state index in [1.165, 1.54) is 6.07 Å². The molecule has 0 aliphatic carbocycles. The van der Waals surface area contributed by atoms with E-state index >= 15 is 0 Å². The summed E-state index contributed by atoms with van der Waals surface area (Å²) in [6.45, 7) is 1.62. The Morgan fingerprint density at radius 3 is 2.21 bits per heavy atom. The zero-order valence-corrected chi connectivity index (χ0v) is 10.2. The van der Waals surface area contributed by atoms with Gasteiger partial charge in [0.2, 0.25) is 0 Å². The molecule has 0 bridgehead atoms.